The molecule has 0 aliphatic heterocycles. The van der Waals surface area contributed by atoms with E-state index in [0.717, 1.165) is 5.06 Å². The molecule has 2 nitrogen and oxygen atoms in total. The van der Waals surface area contributed by atoms with Crippen LogP contribution in [0.3, 0.4) is 0 Å². The van der Waals surface area contributed by atoms with E-state index in [9.17, 15) is 30.7 Å². The summed E-state index contributed by atoms with van der Waals surface area (Å²) in [5, 5.41) is 0.910. The molecule has 0 saturated carbocycles. The van der Waals surface area contributed by atoms with Gasteiger partial charge in [0.05, 0.1) is 0 Å². The summed E-state index contributed by atoms with van der Waals surface area (Å²) in [4.78, 5) is 4.54. The van der Waals surface area contributed by atoms with Gasteiger partial charge in [-0.3, -0.25) is 0 Å². The molecular weight excluding hydrogens is 295 g/mol. The fourth-order valence-corrected chi connectivity index (χ4v) is 1.42. The first kappa shape index (κ1) is 16.5. The second kappa shape index (κ2) is 5.86. The van der Waals surface area contributed by atoms with Crippen LogP contribution < -0.4 is 4.84 Å². The highest BCUT2D eigenvalue weighted by atomic mass is 19.4. The highest BCUT2D eigenvalue weighted by molar-refractivity contribution is 5.35. The average Bonchev–Trinajstić information content (AvgIpc) is 2.35. The molecule has 20 heavy (non-hydrogen) atoms. The summed E-state index contributed by atoms with van der Waals surface area (Å²) in [5.41, 5.74) is -2.63. The molecule has 0 aliphatic carbocycles. The number of nitrogens with zero attached hydrogens (tertiary/aromatic N) is 1. The van der Waals surface area contributed by atoms with Gasteiger partial charge in [-0.15, -0.1) is 5.06 Å². The fourth-order valence-electron chi connectivity index (χ4n) is 1.42. The summed E-state index contributed by atoms with van der Waals surface area (Å²) in [6.45, 7) is 3.21. The van der Waals surface area contributed by atoms with Crippen LogP contribution >= 0.6 is 0 Å². The van der Waals surface area contributed by atoms with E-state index in [1.54, 1.807) is 0 Å². The van der Waals surface area contributed by atoms with Gasteiger partial charge in [-0.05, 0) is 13.8 Å². The van der Waals surface area contributed by atoms with Crippen LogP contribution in [-0.4, -0.2) is 18.2 Å². The molecule has 0 bridgehead atoms. The molecule has 0 fully saturated rings. The number of alkyl halides is 3. The predicted molar refractivity (Wildman–Crippen MR) is 54.8 cm³/mol. The zero-order chi connectivity index (χ0) is 15.7. The van der Waals surface area contributed by atoms with Gasteiger partial charge in [0.1, 0.15) is 5.56 Å². The molecule has 0 aromatic heterocycles. The SMILES string of the molecule is CCN(CC)Oc1c(F)c(F)c(C(F)(F)F)c(F)c1F. The molecule has 0 aliphatic rings. The Labute approximate surface area is 109 Å². The molecule has 0 unspecified atom stereocenters. The Kier molecular flexibility index (Phi) is 4.85. The van der Waals surface area contributed by atoms with Crippen LogP contribution in [0.2, 0.25) is 0 Å². The highest BCUT2D eigenvalue weighted by Gasteiger charge is 2.43. The van der Waals surface area contributed by atoms with Crippen molar-refractivity contribution in [2.24, 2.45) is 0 Å². The minimum absolute atomic E-state index is 0.0969. The summed E-state index contributed by atoms with van der Waals surface area (Å²) in [6, 6.07) is 0. The number of hydrogen-bond donors (Lipinski definition) is 0. The molecule has 9 heteroatoms. The summed E-state index contributed by atoms with van der Waals surface area (Å²) in [6.07, 6.45) is -5.57. The van der Waals surface area contributed by atoms with Gasteiger partial charge in [-0.25, -0.2) is 8.78 Å². The maximum Gasteiger partial charge on any atom is 0.422 e. The monoisotopic (exact) mass is 305 g/mol. The summed E-state index contributed by atoms with van der Waals surface area (Å²) in [5.74, 6) is -11.1. The number of halogens is 7. The average molecular weight is 305 g/mol. The smallest absolute Gasteiger partial charge is 0.400 e. The van der Waals surface area contributed by atoms with Gasteiger partial charge in [0, 0.05) is 13.1 Å². The van der Waals surface area contributed by atoms with Crippen LogP contribution in [0.15, 0.2) is 0 Å². The quantitative estimate of drug-likeness (QED) is 0.475. The Balaban J connectivity index is 3.44. The Morgan fingerprint density at radius 2 is 1.25 bits per heavy atom. The standard InChI is InChI=1S/C11H10F7NO/c1-3-19(4-2)20-10-8(14)6(12)5(11(16,17)18)7(13)9(10)15/h3-4H2,1-2H3. The first-order chi connectivity index (χ1) is 9.15. The van der Waals surface area contributed by atoms with Crippen molar-refractivity contribution in [1.82, 2.24) is 5.06 Å². The van der Waals surface area contributed by atoms with Gasteiger partial charge in [0.25, 0.3) is 0 Å². The molecule has 0 atom stereocenters. The van der Waals surface area contributed by atoms with Crippen molar-refractivity contribution in [2.75, 3.05) is 13.1 Å². The molecule has 0 radical (unpaired) electrons. The topological polar surface area (TPSA) is 12.5 Å². The molecule has 1 rings (SSSR count). The largest absolute Gasteiger partial charge is 0.422 e. The third-order valence-electron chi connectivity index (χ3n) is 2.43. The van der Waals surface area contributed by atoms with Crippen LogP contribution in [0.25, 0.3) is 0 Å². The Hall–Kier alpha value is -1.51. The van der Waals surface area contributed by atoms with Gasteiger partial charge in [-0.1, -0.05) is 0 Å². The van der Waals surface area contributed by atoms with E-state index in [1.165, 1.54) is 13.8 Å². The van der Waals surface area contributed by atoms with E-state index in [1.807, 2.05) is 0 Å². The van der Waals surface area contributed by atoms with Crippen LogP contribution in [-0.2, 0) is 6.18 Å². The van der Waals surface area contributed by atoms with Crippen molar-refractivity contribution in [2.45, 2.75) is 20.0 Å². The summed E-state index contributed by atoms with van der Waals surface area (Å²) >= 11 is 0. The van der Waals surface area contributed by atoms with E-state index < -0.39 is 40.8 Å². The highest BCUT2D eigenvalue weighted by Crippen LogP contribution is 2.39. The third-order valence-corrected chi connectivity index (χ3v) is 2.43. The number of rotatable bonds is 4. The zero-order valence-corrected chi connectivity index (χ0v) is 10.4. The Morgan fingerprint density at radius 3 is 1.55 bits per heavy atom. The minimum Gasteiger partial charge on any atom is -0.400 e. The second-order valence-corrected chi connectivity index (χ2v) is 3.66. The molecule has 1 aromatic rings. The summed E-state index contributed by atoms with van der Waals surface area (Å²) < 4.78 is 90.4. The lowest BCUT2D eigenvalue weighted by Gasteiger charge is -2.21. The molecule has 0 N–H and O–H groups in total. The number of benzene rings is 1. The van der Waals surface area contributed by atoms with Crippen LogP contribution in [0, 0.1) is 23.3 Å². The van der Waals surface area contributed by atoms with Gasteiger partial charge < -0.3 is 4.84 Å². The van der Waals surface area contributed by atoms with E-state index >= 15 is 0 Å². The first-order valence-electron chi connectivity index (χ1n) is 5.51. The van der Waals surface area contributed by atoms with E-state index in [-0.39, 0.29) is 13.1 Å². The molecular formula is C11H10F7NO. The van der Waals surface area contributed by atoms with Crippen molar-refractivity contribution < 1.29 is 35.6 Å². The minimum atomic E-state index is -5.57. The second-order valence-electron chi connectivity index (χ2n) is 3.66. The van der Waals surface area contributed by atoms with Gasteiger partial charge in [-0.2, -0.15) is 22.0 Å². The number of hydroxylamine groups is 2. The van der Waals surface area contributed by atoms with Crippen molar-refractivity contribution >= 4 is 0 Å². The normalized spacial score (nSPS) is 12.1. The molecule has 1 aromatic carbocycles. The Bertz CT molecular complexity index is 468. The maximum absolute atomic E-state index is 13.4. The Morgan fingerprint density at radius 1 is 0.850 bits per heavy atom. The van der Waals surface area contributed by atoms with Gasteiger partial charge in [0.2, 0.25) is 17.4 Å². The van der Waals surface area contributed by atoms with Crippen molar-refractivity contribution in [1.29, 1.82) is 0 Å². The van der Waals surface area contributed by atoms with Crippen molar-refractivity contribution in [3.05, 3.63) is 28.8 Å². The molecule has 0 saturated heterocycles. The molecule has 0 heterocycles. The lowest BCUT2D eigenvalue weighted by molar-refractivity contribution is -0.143. The lowest BCUT2D eigenvalue weighted by atomic mass is 10.1. The summed E-state index contributed by atoms with van der Waals surface area (Å²) in [7, 11) is 0. The molecule has 0 spiro atoms. The van der Waals surface area contributed by atoms with Crippen molar-refractivity contribution in [3.8, 4) is 5.75 Å². The third kappa shape index (κ3) is 2.97. The predicted octanol–water partition coefficient (Wildman–Crippen LogP) is 3.90. The number of hydrogen-bond acceptors (Lipinski definition) is 2. The van der Waals surface area contributed by atoms with E-state index in [4.69, 9.17) is 0 Å². The fraction of sp³-hybridized carbons (Fsp3) is 0.455. The van der Waals surface area contributed by atoms with Crippen molar-refractivity contribution in [3.63, 3.8) is 0 Å². The van der Waals surface area contributed by atoms with E-state index in [0.29, 0.717) is 0 Å². The molecule has 114 valence electrons. The molecule has 0 amide bonds. The van der Waals surface area contributed by atoms with Crippen LogP contribution in [0.4, 0.5) is 30.7 Å². The van der Waals surface area contributed by atoms with Gasteiger partial charge in [0.15, 0.2) is 11.6 Å². The lowest BCUT2D eigenvalue weighted by Crippen LogP contribution is -2.28. The zero-order valence-electron chi connectivity index (χ0n) is 10.4. The van der Waals surface area contributed by atoms with E-state index in [2.05, 4.69) is 4.84 Å². The first-order valence-corrected chi connectivity index (χ1v) is 5.51. The maximum atomic E-state index is 13.4. The van der Waals surface area contributed by atoms with Crippen LogP contribution in [0.5, 0.6) is 5.75 Å². The van der Waals surface area contributed by atoms with Crippen LogP contribution in [0.1, 0.15) is 19.4 Å². The van der Waals surface area contributed by atoms with Gasteiger partial charge >= 0.3 is 6.18 Å².